The molecule has 1 aliphatic rings. The topological polar surface area (TPSA) is 102 Å². The van der Waals surface area contributed by atoms with Crippen LogP contribution >= 0.6 is 0 Å². The molecule has 1 aliphatic heterocycles. The Bertz CT molecular complexity index is 649. The molecule has 0 saturated carbocycles. The summed E-state index contributed by atoms with van der Waals surface area (Å²) < 4.78 is 5.09. The third-order valence-corrected chi connectivity index (χ3v) is 4.78. The Kier molecular flexibility index (Phi) is 6.60. The van der Waals surface area contributed by atoms with E-state index in [0.29, 0.717) is 37.2 Å². The maximum Gasteiger partial charge on any atom is 0.251 e. The molecule has 1 heterocycles. The lowest BCUT2D eigenvalue weighted by atomic mass is 9.94. The average molecular weight is 361 g/mol. The van der Waals surface area contributed by atoms with Crippen molar-refractivity contribution in [1.29, 1.82) is 0 Å². The van der Waals surface area contributed by atoms with Crippen molar-refractivity contribution in [2.45, 2.75) is 32.7 Å². The van der Waals surface area contributed by atoms with Gasteiger partial charge in [-0.15, -0.1) is 0 Å². The van der Waals surface area contributed by atoms with E-state index in [4.69, 9.17) is 10.5 Å². The number of piperidine rings is 1. The first-order chi connectivity index (χ1) is 12.3. The zero-order valence-corrected chi connectivity index (χ0v) is 15.5. The van der Waals surface area contributed by atoms with Gasteiger partial charge in [0.25, 0.3) is 5.91 Å². The molecular weight excluding hydrogens is 334 g/mol. The molecular formula is C19H27N3O4. The highest BCUT2D eigenvalue weighted by Crippen LogP contribution is 2.19. The van der Waals surface area contributed by atoms with E-state index < -0.39 is 6.04 Å². The van der Waals surface area contributed by atoms with E-state index in [1.807, 2.05) is 13.8 Å². The van der Waals surface area contributed by atoms with Crippen molar-refractivity contribution in [1.82, 2.24) is 10.2 Å². The van der Waals surface area contributed by atoms with Crippen molar-refractivity contribution in [3.8, 4) is 5.75 Å². The van der Waals surface area contributed by atoms with Gasteiger partial charge in [-0.25, -0.2) is 0 Å². The van der Waals surface area contributed by atoms with E-state index >= 15 is 0 Å². The highest BCUT2D eigenvalue weighted by Gasteiger charge is 2.32. The summed E-state index contributed by atoms with van der Waals surface area (Å²) in [4.78, 5) is 38.3. The molecule has 1 aromatic rings. The van der Waals surface area contributed by atoms with E-state index in [1.165, 1.54) is 0 Å². The number of benzene rings is 1. The average Bonchev–Trinajstić information content (AvgIpc) is 2.65. The third kappa shape index (κ3) is 4.74. The maximum absolute atomic E-state index is 12.9. The third-order valence-electron chi connectivity index (χ3n) is 4.78. The van der Waals surface area contributed by atoms with Gasteiger partial charge in [0.05, 0.1) is 7.11 Å². The Morgan fingerprint density at radius 3 is 2.19 bits per heavy atom. The lowest BCUT2D eigenvalue weighted by molar-refractivity contribution is -0.137. The van der Waals surface area contributed by atoms with Gasteiger partial charge < -0.3 is 20.7 Å². The van der Waals surface area contributed by atoms with Crippen LogP contribution in [-0.2, 0) is 9.59 Å². The number of hydrogen-bond acceptors (Lipinski definition) is 4. The number of nitrogens with one attached hydrogen (secondary N) is 1. The standard InChI is InChI=1S/C19H27N3O4/c1-12(2)16(19(25)22-10-8-13(9-11-22)17(20)23)21-18(24)14-4-6-15(26-3)7-5-14/h4-7,12-13,16H,8-11H2,1-3H3,(H2,20,23)(H,21,24). The minimum atomic E-state index is -0.616. The van der Waals surface area contributed by atoms with E-state index in [1.54, 1.807) is 36.3 Å². The maximum atomic E-state index is 12.9. The first kappa shape index (κ1) is 19.8. The fourth-order valence-electron chi connectivity index (χ4n) is 3.06. The predicted molar refractivity (Wildman–Crippen MR) is 97.6 cm³/mol. The summed E-state index contributed by atoms with van der Waals surface area (Å²) in [6.45, 7) is 4.75. The van der Waals surface area contributed by atoms with Crippen molar-refractivity contribution in [2.75, 3.05) is 20.2 Å². The van der Waals surface area contributed by atoms with Crippen LogP contribution in [0.4, 0.5) is 0 Å². The molecule has 1 saturated heterocycles. The minimum absolute atomic E-state index is 0.0569. The van der Waals surface area contributed by atoms with Gasteiger partial charge in [0.15, 0.2) is 0 Å². The normalized spacial score (nSPS) is 16.2. The molecule has 3 N–H and O–H groups in total. The Hall–Kier alpha value is -2.57. The summed E-state index contributed by atoms with van der Waals surface area (Å²) in [5.74, 6) is -0.304. The van der Waals surface area contributed by atoms with Crippen LogP contribution in [0, 0.1) is 11.8 Å². The molecule has 2 rings (SSSR count). The van der Waals surface area contributed by atoms with Crippen LogP contribution in [0.1, 0.15) is 37.0 Å². The van der Waals surface area contributed by atoms with E-state index in [9.17, 15) is 14.4 Å². The molecule has 1 atom stereocenters. The SMILES string of the molecule is COc1ccc(C(=O)NC(C(=O)N2CCC(C(N)=O)CC2)C(C)C)cc1. The van der Waals surface area contributed by atoms with Gasteiger partial charge in [0.2, 0.25) is 11.8 Å². The number of carbonyl (C=O) groups is 3. The highest BCUT2D eigenvalue weighted by atomic mass is 16.5. The van der Waals surface area contributed by atoms with Gasteiger partial charge in [-0.05, 0) is 43.0 Å². The summed E-state index contributed by atoms with van der Waals surface area (Å²) in [5.41, 5.74) is 5.81. The van der Waals surface area contributed by atoms with Gasteiger partial charge in [-0.1, -0.05) is 13.8 Å². The molecule has 26 heavy (non-hydrogen) atoms. The number of amides is 3. The number of ether oxygens (including phenoxy) is 1. The molecule has 7 heteroatoms. The molecule has 0 aromatic heterocycles. The Balaban J connectivity index is 2.02. The van der Waals surface area contributed by atoms with Gasteiger partial charge in [-0.2, -0.15) is 0 Å². The number of rotatable bonds is 6. The number of carbonyl (C=O) groups excluding carboxylic acids is 3. The number of primary amides is 1. The smallest absolute Gasteiger partial charge is 0.251 e. The summed E-state index contributed by atoms with van der Waals surface area (Å²) in [5, 5.41) is 2.84. The van der Waals surface area contributed by atoms with E-state index in [0.717, 1.165) is 0 Å². The molecule has 142 valence electrons. The van der Waals surface area contributed by atoms with E-state index in [-0.39, 0.29) is 29.6 Å². The van der Waals surface area contributed by atoms with Crippen LogP contribution in [0.5, 0.6) is 5.75 Å². The zero-order valence-electron chi connectivity index (χ0n) is 15.5. The number of nitrogens with two attached hydrogens (primary N) is 1. The first-order valence-electron chi connectivity index (χ1n) is 8.86. The van der Waals surface area contributed by atoms with Crippen LogP contribution in [0.2, 0.25) is 0 Å². The highest BCUT2D eigenvalue weighted by molar-refractivity contribution is 5.97. The van der Waals surface area contributed by atoms with Gasteiger partial charge >= 0.3 is 0 Å². The van der Waals surface area contributed by atoms with Crippen molar-refractivity contribution >= 4 is 17.7 Å². The molecule has 3 amide bonds. The number of hydrogen-bond donors (Lipinski definition) is 2. The monoisotopic (exact) mass is 361 g/mol. The largest absolute Gasteiger partial charge is 0.497 e. The molecule has 0 aliphatic carbocycles. The van der Waals surface area contributed by atoms with Crippen LogP contribution in [0.15, 0.2) is 24.3 Å². The van der Waals surface area contributed by atoms with E-state index in [2.05, 4.69) is 5.32 Å². The Morgan fingerprint density at radius 2 is 1.73 bits per heavy atom. The summed E-state index contributed by atoms with van der Waals surface area (Å²) >= 11 is 0. The predicted octanol–water partition coefficient (Wildman–Crippen LogP) is 1.17. The second-order valence-corrected chi connectivity index (χ2v) is 6.93. The number of methoxy groups -OCH3 is 1. The molecule has 7 nitrogen and oxygen atoms in total. The van der Waals surface area contributed by atoms with Crippen molar-refractivity contribution in [2.24, 2.45) is 17.6 Å². The molecule has 0 radical (unpaired) electrons. The van der Waals surface area contributed by atoms with Gasteiger partial charge in [0, 0.05) is 24.6 Å². The van der Waals surface area contributed by atoms with Gasteiger partial charge in [0.1, 0.15) is 11.8 Å². The Morgan fingerprint density at radius 1 is 1.15 bits per heavy atom. The first-order valence-corrected chi connectivity index (χ1v) is 8.86. The summed E-state index contributed by atoms with van der Waals surface area (Å²) in [7, 11) is 1.56. The van der Waals surface area contributed by atoms with Crippen LogP contribution in [0.3, 0.4) is 0 Å². The minimum Gasteiger partial charge on any atom is -0.497 e. The molecule has 0 spiro atoms. The lowest BCUT2D eigenvalue weighted by Crippen LogP contribution is -2.53. The van der Waals surface area contributed by atoms with Crippen molar-refractivity contribution in [3.05, 3.63) is 29.8 Å². The Labute approximate surface area is 153 Å². The second kappa shape index (κ2) is 8.69. The number of likely N-dealkylation sites (tertiary alicyclic amines) is 1. The summed E-state index contributed by atoms with van der Waals surface area (Å²) in [6.07, 6.45) is 1.14. The molecule has 1 fully saturated rings. The van der Waals surface area contributed by atoms with Crippen molar-refractivity contribution < 1.29 is 19.1 Å². The fraction of sp³-hybridized carbons (Fsp3) is 0.526. The number of nitrogens with zero attached hydrogens (tertiary/aromatic N) is 1. The second-order valence-electron chi connectivity index (χ2n) is 6.93. The van der Waals surface area contributed by atoms with Crippen LogP contribution < -0.4 is 15.8 Å². The van der Waals surface area contributed by atoms with Crippen molar-refractivity contribution in [3.63, 3.8) is 0 Å². The van der Waals surface area contributed by atoms with Gasteiger partial charge in [-0.3, -0.25) is 14.4 Å². The molecule has 1 unspecified atom stereocenters. The lowest BCUT2D eigenvalue weighted by Gasteiger charge is -2.34. The quantitative estimate of drug-likeness (QED) is 0.794. The van der Waals surface area contributed by atoms with Crippen LogP contribution in [-0.4, -0.2) is 48.9 Å². The molecule has 0 bridgehead atoms. The fourth-order valence-corrected chi connectivity index (χ4v) is 3.06. The summed E-state index contributed by atoms with van der Waals surface area (Å²) in [6, 6.07) is 6.11. The molecule has 1 aromatic carbocycles. The zero-order chi connectivity index (χ0) is 19.3. The van der Waals surface area contributed by atoms with Crippen LogP contribution in [0.25, 0.3) is 0 Å².